The van der Waals surface area contributed by atoms with Crippen LogP contribution in [0.3, 0.4) is 0 Å². The number of rotatable bonds is 5. The summed E-state index contributed by atoms with van der Waals surface area (Å²) in [7, 11) is 0. The SMILES string of the molecule is O=C(NCc1ccc(-n2ccnc2)nc1)c1cccnc1N1CCCC1. The summed E-state index contributed by atoms with van der Waals surface area (Å²) in [6, 6.07) is 7.49. The number of carbonyl (C=O) groups excluding carboxylic acids is 1. The topological polar surface area (TPSA) is 75.9 Å². The molecule has 3 aromatic heterocycles. The highest BCUT2D eigenvalue weighted by molar-refractivity contribution is 5.98. The Kier molecular flexibility index (Phi) is 4.59. The van der Waals surface area contributed by atoms with E-state index in [-0.39, 0.29) is 5.91 Å². The Morgan fingerprint density at radius 2 is 2.00 bits per heavy atom. The van der Waals surface area contributed by atoms with Gasteiger partial charge in [-0.1, -0.05) is 6.07 Å². The monoisotopic (exact) mass is 348 g/mol. The van der Waals surface area contributed by atoms with Crippen molar-refractivity contribution in [1.82, 2.24) is 24.8 Å². The molecule has 1 saturated heterocycles. The number of amides is 1. The Balaban J connectivity index is 1.43. The molecule has 3 aromatic rings. The molecule has 26 heavy (non-hydrogen) atoms. The summed E-state index contributed by atoms with van der Waals surface area (Å²) in [5, 5.41) is 2.97. The normalized spacial score (nSPS) is 13.8. The van der Waals surface area contributed by atoms with Crippen molar-refractivity contribution in [2.24, 2.45) is 0 Å². The number of anilines is 1. The van der Waals surface area contributed by atoms with Gasteiger partial charge in [-0.25, -0.2) is 15.0 Å². The average molecular weight is 348 g/mol. The predicted octanol–water partition coefficient (Wildman–Crippen LogP) is 2.19. The first kappa shape index (κ1) is 16.3. The molecule has 132 valence electrons. The molecule has 7 nitrogen and oxygen atoms in total. The molecule has 0 aliphatic carbocycles. The number of hydrogen-bond acceptors (Lipinski definition) is 5. The number of carbonyl (C=O) groups is 1. The minimum Gasteiger partial charge on any atom is -0.356 e. The predicted molar refractivity (Wildman–Crippen MR) is 98.2 cm³/mol. The summed E-state index contributed by atoms with van der Waals surface area (Å²) in [6.07, 6.45) is 11.0. The van der Waals surface area contributed by atoms with Crippen LogP contribution in [0.4, 0.5) is 5.82 Å². The van der Waals surface area contributed by atoms with Crippen LogP contribution in [0.5, 0.6) is 0 Å². The maximum absolute atomic E-state index is 12.6. The van der Waals surface area contributed by atoms with Gasteiger partial charge in [-0.05, 0) is 36.6 Å². The second kappa shape index (κ2) is 7.35. The molecule has 0 spiro atoms. The first-order valence-corrected chi connectivity index (χ1v) is 8.73. The summed E-state index contributed by atoms with van der Waals surface area (Å²) < 4.78 is 1.83. The molecular weight excluding hydrogens is 328 g/mol. The average Bonchev–Trinajstić information content (AvgIpc) is 3.40. The zero-order valence-electron chi connectivity index (χ0n) is 14.4. The second-order valence-electron chi connectivity index (χ2n) is 6.25. The van der Waals surface area contributed by atoms with Gasteiger partial charge in [0.25, 0.3) is 5.91 Å². The summed E-state index contributed by atoms with van der Waals surface area (Å²) in [4.78, 5) is 27.7. The highest BCUT2D eigenvalue weighted by Crippen LogP contribution is 2.21. The molecule has 0 atom stereocenters. The Labute approximate surface area is 151 Å². The molecule has 1 amide bonds. The minimum atomic E-state index is -0.112. The van der Waals surface area contributed by atoms with Gasteiger partial charge in [-0.3, -0.25) is 9.36 Å². The molecule has 1 aliphatic heterocycles. The molecule has 7 heteroatoms. The lowest BCUT2D eigenvalue weighted by atomic mass is 10.2. The third-order valence-electron chi connectivity index (χ3n) is 4.47. The fourth-order valence-corrected chi connectivity index (χ4v) is 3.10. The maximum atomic E-state index is 12.6. The van der Waals surface area contributed by atoms with Crippen molar-refractivity contribution in [3.63, 3.8) is 0 Å². The van der Waals surface area contributed by atoms with Crippen LogP contribution in [-0.2, 0) is 6.54 Å². The van der Waals surface area contributed by atoms with Crippen LogP contribution in [0.1, 0.15) is 28.8 Å². The smallest absolute Gasteiger partial charge is 0.255 e. The summed E-state index contributed by atoms with van der Waals surface area (Å²) in [5.74, 6) is 1.45. The van der Waals surface area contributed by atoms with Crippen molar-refractivity contribution >= 4 is 11.7 Å². The van der Waals surface area contributed by atoms with Crippen LogP contribution in [0.25, 0.3) is 5.82 Å². The Morgan fingerprint density at radius 3 is 2.73 bits per heavy atom. The third kappa shape index (κ3) is 3.42. The van der Waals surface area contributed by atoms with Gasteiger partial charge in [0.05, 0.1) is 5.56 Å². The van der Waals surface area contributed by atoms with Gasteiger partial charge in [0.15, 0.2) is 0 Å². The van der Waals surface area contributed by atoms with Crippen molar-refractivity contribution in [3.05, 3.63) is 66.5 Å². The molecule has 4 heterocycles. The summed E-state index contributed by atoms with van der Waals surface area (Å²) >= 11 is 0. The third-order valence-corrected chi connectivity index (χ3v) is 4.47. The Morgan fingerprint density at radius 1 is 1.12 bits per heavy atom. The van der Waals surface area contributed by atoms with Gasteiger partial charge < -0.3 is 10.2 Å². The van der Waals surface area contributed by atoms with Crippen molar-refractivity contribution < 1.29 is 4.79 Å². The van der Waals surface area contributed by atoms with E-state index in [1.54, 1.807) is 31.0 Å². The zero-order chi connectivity index (χ0) is 17.8. The van der Waals surface area contributed by atoms with Gasteiger partial charge in [-0.15, -0.1) is 0 Å². The van der Waals surface area contributed by atoms with E-state index in [4.69, 9.17) is 0 Å². The molecule has 1 fully saturated rings. The molecule has 0 bridgehead atoms. The molecule has 0 unspecified atom stereocenters. The second-order valence-corrected chi connectivity index (χ2v) is 6.25. The van der Waals surface area contributed by atoms with Crippen LogP contribution in [0.15, 0.2) is 55.4 Å². The molecule has 1 N–H and O–H groups in total. The lowest BCUT2D eigenvalue weighted by molar-refractivity contribution is 0.0951. The number of nitrogens with one attached hydrogen (secondary N) is 1. The largest absolute Gasteiger partial charge is 0.356 e. The van der Waals surface area contributed by atoms with E-state index >= 15 is 0 Å². The van der Waals surface area contributed by atoms with E-state index in [0.717, 1.165) is 43.1 Å². The lowest BCUT2D eigenvalue weighted by Gasteiger charge is -2.19. The summed E-state index contributed by atoms with van der Waals surface area (Å²) in [5.41, 5.74) is 1.56. The number of pyridine rings is 2. The molecular formula is C19H20N6O. The first-order chi connectivity index (χ1) is 12.8. The van der Waals surface area contributed by atoms with Gasteiger partial charge in [0.2, 0.25) is 0 Å². The van der Waals surface area contributed by atoms with E-state index in [0.29, 0.717) is 12.1 Å². The number of hydrogen-bond donors (Lipinski definition) is 1. The fourth-order valence-electron chi connectivity index (χ4n) is 3.10. The number of nitrogens with zero attached hydrogens (tertiary/aromatic N) is 5. The van der Waals surface area contributed by atoms with Gasteiger partial charge in [0.1, 0.15) is 18.0 Å². The van der Waals surface area contributed by atoms with Crippen LogP contribution in [-0.4, -0.2) is 38.5 Å². The van der Waals surface area contributed by atoms with Crippen LogP contribution in [0, 0.1) is 0 Å². The molecule has 0 saturated carbocycles. The number of imidazole rings is 1. The standard InChI is InChI=1S/C19H20N6O/c26-19(16-4-3-7-21-18(16)24-9-1-2-10-24)23-13-15-5-6-17(22-12-15)25-11-8-20-14-25/h3-8,11-12,14H,1-2,9-10,13H2,(H,23,26). The summed E-state index contributed by atoms with van der Waals surface area (Å²) in [6.45, 7) is 2.33. The number of aromatic nitrogens is 4. The van der Waals surface area contributed by atoms with E-state index in [1.165, 1.54) is 0 Å². The van der Waals surface area contributed by atoms with Crippen LogP contribution < -0.4 is 10.2 Å². The van der Waals surface area contributed by atoms with Crippen molar-refractivity contribution in [2.45, 2.75) is 19.4 Å². The van der Waals surface area contributed by atoms with Crippen LogP contribution >= 0.6 is 0 Å². The molecule has 1 aliphatic rings. The van der Waals surface area contributed by atoms with Gasteiger partial charge in [-0.2, -0.15) is 0 Å². The minimum absolute atomic E-state index is 0.112. The van der Waals surface area contributed by atoms with Crippen molar-refractivity contribution in [2.75, 3.05) is 18.0 Å². The van der Waals surface area contributed by atoms with Gasteiger partial charge >= 0.3 is 0 Å². The fraction of sp³-hybridized carbons (Fsp3) is 0.263. The molecule has 0 aromatic carbocycles. The van der Waals surface area contributed by atoms with E-state index < -0.39 is 0 Å². The van der Waals surface area contributed by atoms with E-state index in [9.17, 15) is 4.79 Å². The Bertz CT molecular complexity index is 869. The van der Waals surface area contributed by atoms with Crippen molar-refractivity contribution in [1.29, 1.82) is 0 Å². The van der Waals surface area contributed by atoms with Gasteiger partial charge in [0, 0.05) is 44.4 Å². The first-order valence-electron chi connectivity index (χ1n) is 8.73. The lowest BCUT2D eigenvalue weighted by Crippen LogP contribution is -2.28. The zero-order valence-corrected chi connectivity index (χ0v) is 14.4. The maximum Gasteiger partial charge on any atom is 0.255 e. The highest BCUT2D eigenvalue weighted by Gasteiger charge is 2.20. The Hall–Kier alpha value is -3.22. The molecule has 4 rings (SSSR count). The van der Waals surface area contributed by atoms with Crippen molar-refractivity contribution in [3.8, 4) is 5.82 Å². The highest BCUT2D eigenvalue weighted by atomic mass is 16.1. The van der Waals surface area contributed by atoms with Crippen LogP contribution in [0.2, 0.25) is 0 Å². The van der Waals surface area contributed by atoms with E-state index in [2.05, 4.69) is 25.2 Å². The molecule has 0 radical (unpaired) electrons. The quantitative estimate of drug-likeness (QED) is 0.765. The van der Waals surface area contributed by atoms with E-state index in [1.807, 2.05) is 29.0 Å².